The Balaban J connectivity index is 0.000000197. The van der Waals surface area contributed by atoms with E-state index in [0.717, 1.165) is 24.2 Å². The van der Waals surface area contributed by atoms with E-state index in [2.05, 4.69) is 5.32 Å². The number of carbonyl (C=O) groups is 1. The number of piperidine rings is 2. The van der Waals surface area contributed by atoms with Crippen LogP contribution in [0.2, 0.25) is 0 Å². The molecule has 0 aliphatic carbocycles. The van der Waals surface area contributed by atoms with Gasteiger partial charge in [-0.1, -0.05) is 97.1 Å². The summed E-state index contributed by atoms with van der Waals surface area (Å²) in [5.74, 6) is 0.118. The maximum atomic E-state index is 11.2. The normalized spacial score (nSPS) is 20.0. The summed E-state index contributed by atoms with van der Waals surface area (Å²) < 4.78 is 66.1. The Morgan fingerprint density at radius 2 is 1.05 bits per heavy atom. The van der Waals surface area contributed by atoms with Crippen LogP contribution >= 0.6 is 0 Å². The lowest BCUT2D eigenvalue weighted by molar-refractivity contribution is -0.121. The first-order valence-electron chi connectivity index (χ1n) is 18.9. The van der Waals surface area contributed by atoms with Crippen LogP contribution in [0.1, 0.15) is 47.8 Å². The topological polar surface area (TPSA) is 61.6 Å². The molecule has 0 radical (unpaired) electrons. The number of rotatable bonds is 8. The van der Waals surface area contributed by atoms with Crippen LogP contribution in [0.25, 0.3) is 0 Å². The van der Waals surface area contributed by atoms with Crippen LogP contribution in [0.15, 0.2) is 121 Å². The molecule has 3 N–H and O–H groups in total. The number of nitrogens with one attached hydrogen (secondary N) is 1. The van der Waals surface area contributed by atoms with Crippen LogP contribution < -0.4 is 11.1 Å². The highest BCUT2D eigenvalue weighted by molar-refractivity contribution is 5.79. The van der Waals surface area contributed by atoms with Gasteiger partial charge in [0.25, 0.3) is 0 Å². The standard InChI is InChI=1S/C19H24N2.C13H17NO.C6H7N/c1-3-7-17(8-4-1)11-14-21-15-12-19(13-16-21)20-18-9-5-2-6-10-18;15-13-7-10-14(11-8-13)9-6-12-4-2-1-3-5-12;7-6-4-2-1-3-5-6/h1-10,19-20H,11-16H2;1-5H,6-11H2;1-5H,7H2/i11D2,14D2;6D2,9D2;. The first-order chi connectivity index (χ1) is 24.2. The van der Waals surface area contributed by atoms with E-state index in [1.54, 1.807) is 59.5 Å². The van der Waals surface area contributed by atoms with Gasteiger partial charge < -0.3 is 20.9 Å². The number of hydrogen-bond acceptors (Lipinski definition) is 5. The lowest BCUT2D eigenvalue weighted by Gasteiger charge is -2.32. The molecule has 2 aliphatic rings. The highest BCUT2D eigenvalue weighted by atomic mass is 16.1. The number of hydrogen-bond donors (Lipinski definition) is 2. The third-order valence-corrected chi connectivity index (χ3v) is 7.02. The Kier molecular flexibility index (Phi) is 9.76. The number of nitrogens with zero attached hydrogens (tertiary/aromatic N) is 2. The molecule has 0 amide bonds. The number of anilines is 2. The molecule has 4 aromatic carbocycles. The smallest absolute Gasteiger partial charge is 0.135 e. The zero-order valence-corrected chi connectivity index (χ0v) is 24.7. The van der Waals surface area contributed by atoms with Crippen LogP contribution in [0.5, 0.6) is 0 Å². The Bertz CT molecular complexity index is 1610. The van der Waals surface area contributed by atoms with Gasteiger partial charge in [0.2, 0.25) is 0 Å². The van der Waals surface area contributed by atoms with E-state index in [1.807, 2.05) is 66.7 Å². The SMILES string of the molecule is Nc1ccccc1.[2H]C([2H])(c1ccccc1)C([2H])([2H])N1CCC(=O)CC1.[2H]C([2H])(c1ccccc1)C([2H])([2H])N1CCC(Nc2ccccc2)CC1. The molecule has 0 saturated carbocycles. The number of likely N-dealkylation sites (tertiary alicyclic amines) is 2. The molecular weight excluding hydrogens is 528 g/mol. The summed E-state index contributed by atoms with van der Waals surface area (Å²) in [6.07, 6.45) is -2.00. The predicted octanol–water partition coefficient (Wildman–Crippen LogP) is 6.97. The molecule has 2 heterocycles. The van der Waals surface area contributed by atoms with Gasteiger partial charge in [-0.15, -0.1) is 0 Å². The molecule has 4 aromatic rings. The Morgan fingerprint density at radius 1 is 0.628 bits per heavy atom. The zero-order valence-electron chi connectivity index (χ0n) is 32.7. The van der Waals surface area contributed by atoms with Crippen LogP contribution in [0.3, 0.4) is 0 Å². The average Bonchev–Trinajstić information content (AvgIpc) is 3.14. The van der Waals surface area contributed by atoms with Gasteiger partial charge in [-0.25, -0.2) is 0 Å². The van der Waals surface area contributed by atoms with Crippen molar-refractivity contribution in [2.24, 2.45) is 0 Å². The van der Waals surface area contributed by atoms with Crippen molar-refractivity contribution in [3.05, 3.63) is 132 Å². The lowest BCUT2D eigenvalue weighted by atomic mass is 10.0. The van der Waals surface area contributed by atoms with Crippen molar-refractivity contribution in [3.8, 4) is 0 Å². The Morgan fingerprint density at radius 3 is 1.49 bits per heavy atom. The molecule has 2 aliphatic heterocycles. The second-order valence-corrected chi connectivity index (χ2v) is 10.4. The summed E-state index contributed by atoms with van der Waals surface area (Å²) >= 11 is 0. The minimum absolute atomic E-state index is 0.118. The maximum absolute atomic E-state index is 11.2. The second kappa shape index (κ2) is 18.6. The van der Waals surface area contributed by atoms with Crippen LogP contribution in [-0.2, 0) is 17.5 Å². The maximum Gasteiger partial charge on any atom is 0.135 e. The molecule has 43 heavy (non-hydrogen) atoms. The van der Waals surface area contributed by atoms with Crippen LogP contribution in [0.4, 0.5) is 11.4 Å². The molecule has 2 fully saturated rings. The number of ketones is 1. The number of carbonyl (C=O) groups excluding carboxylic acids is 1. The van der Waals surface area contributed by atoms with E-state index in [9.17, 15) is 4.79 Å². The monoisotopic (exact) mass is 584 g/mol. The highest BCUT2D eigenvalue weighted by Gasteiger charge is 2.18. The molecule has 0 bridgehead atoms. The van der Waals surface area contributed by atoms with Crippen molar-refractivity contribution in [1.29, 1.82) is 0 Å². The molecule has 5 heteroatoms. The fourth-order valence-corrected chi connectivity index (χ4v) is 4.56. The number of benzene rings is 4. The Labute approximate surface area is 270 Å². The summed E-state index contributed by atoms with van der Waals surface area (Å²) in [4.78, 5) is 14.3. The largest absolute Gasteiger partial charge is 0.399 e. The number of nitrogen functional groups attached to an aromatic ring is 1. The van der Waals surface area contributed by atoms with Crippen molar-refractivity contribution < 1.29 is 15.8 Å². The number of para-hydroxylation sites is 2. The third-order valence-electron chi connectivity index (χ3n) is 7.02. The molecule has 0 atom stereocenters. The van der Waals surface area contributed by atoms with E-state index >= 15 is 0 Å². The van der Waals surface area contributed by atoms with Gasteiger partial charge in [0.05, 0.1) is 0 Å². The fraction of sp³-hybridized carbons (Fsp3) is 0.342. The van der Waals surface area contributed by atoms with Gasteiger partial charge in [-0.2, -0.15) is 0 Å². The van der Waals surface area contributed by atoms with E-state index < -0.39 is 25.7 Å². The molecule has 0 unspecified atom stereocenters. The summed E-state index contributed by atoms with van der Waals surface area (Å²) in [6.45, 7) is -2.56. The molecule has 2 saturated heterocycles. The summed E-state index contributed by atoms with van der Waals surface area (Å²) in [5.41, 5.74) is 7.95. The number of nitrogens with two attached hydrogens (primary N) is 1. The van der Waals surface area contributed by atoms with Crippen molar-refractivity contribution in [3.63, 3.8) is 0 Å². The van der Waals surface area contributed by atoms with E-state index in [4.69, 9.17) is 16.7 Å². The number of aryl methyl sites for hydroxylation is 2. The van der Waals surface area contributed by atoms with Crippen molar-refractivity contribution in [2.75, 3.05) is 50.2 Å². The first-order valence-corrected chi connectivity index (χ1v) is 14.9. The molecule has 226 valence electrons. The fourth-order valence-electron chi connectivity index (χ4n) is 4.56. The van der Waals surface area contributed by atoms with Gasteiger partial charge in [0, 0.05) is 80.4 Å². The first kappa shape index (κ1) is 22.6. The van der Waals surface area contributed by atoms with Gasteiger partial charge in [-0.05, 0) is 61.0 Å². The van der Waals surface area contributed by atoms with E-state index in [1.165, 1.54) is 4.90 Å². The minimum atomic E-state index is -2.13. The van der Waals surface area contributed by atoms with E-state index in [-0.39, 0.29) is 24.9 Å². The molecule has 6 rings (SSSR count). The number of Topliss-reactive ketones (excluding diaryl/α,β-unsaturated/α-hetero) is 1. The molecule has 0 aromatic heterocycles. The Hall–Kier alpha value is -3.93. The average molecular weight is 585 g/mol. The third kappa shape index (κ3) is 12.9. The highest BCUT2D eigenvalue weighted by Crippen LogP contribution is 2.17. The summed E-state index contributed by atoms with van der Waals surface area (Å²) in [5, 5.41) is 3.48. The van der Waals surface area contributed by atoms with Crippen molar-refractivity contribution in [1.82, 2.24) is 9.80 Å². The predicted molar refractivity (Wildman–Crippen MR) is 181 cm³/mol. The molecule has 5 nitrogen and oxygen atoms in total. The molecule has 0 spiro atoms. The zero-order chi connectivity index (χ0) is 37.1. The van der Waals surface area contributed by atoms with Crippen LogP contribution in [-0.4, -0.2) is 60.8 Å². The quantitative estimate of drug-likeness (QED) is 0.219. The van der Waals surface area contributed by atoms with Crippen molar-refractivity contribution in [2.45, 2.75) is 44.5 Å². The minimum Gasteiger partial charge on any atom is -0.399 e. The van der Waals surface area contributed by atoms with Crippen molar-refractivity contribution >= 4 is 17.2 Å². The second-order valence-electron chi connectivity index (χ2n) is 10.4. The van der Waals surface area contributed by atoms with E-state index in [0.29, 0.717) is 37.1 Å². The van der Waals surface area contributed by atoms with Crippen LogP contribution in [0, 0.1) is 0 Å². The van der Waals surface area contributed by atoms with Gasteiger partial charge in [0.15, 0.2) is 0 Å². The van der Waals surface area contributed by atoms with Gasteiger partial charge >= 0.3 is 0 Å². The summed E-state index contributed by atoms with van der Waals surface area (Å²) in [7, 11) is 0. The summed E-state index contributed by atoms with van der Waals surface area (Å²) in [6, 6.07) is 36.8. The lowest BCUT2D eigenvalue weighted by Crippen LogP contribution is -2.40. The molecular formula is C38H48N4O. The van der Waals surface area contributed by atoms with Gasteiger partial charge in [0.1, 0.15) is 5.78 Å². The van der Waals surface area contributed by atoms with Gasteiger partial charge in [-0.3, -0.25) is 4.79 Å².